The molecule has 5 heteroatoms. The van der Waals surface area contributed by atoms with Gasteiger partial charge < -0.3 is 5.32 Å². The van der Waals surface area contributed by atoms with E-state index in [0.717, 1.165) is 16.6 Å². The molecule has 1 fully saturated rings. The second-order valence-corrected chi connectivity index (χ2v) is 7.60. The largest absolute Gasteiger partial charge is 0.352 e. The molecule has 0 spiro atoms. The summed E-state index contributed by atoms with van der Waals surface area (Å²) in [5.74, 6) is 0.600. The molecule has 1 heterocycles. The van der Waals surface area contributed by atoms with Crippen molar-refractivity contribution < 1.29 is 4.79 Å². The number of amides is 1. The molecule has 1 aromatic heterocycles. The van der Waals surface area contributed by atoms with Crippen LogP contribution in [0.1, 0.15) is 57.2 Å². The van der Waals surface area contributed by atoms with E-state index in [1.165, 1.54) is 23.9 Å². The van der Waals surface area contributed by atoms with Crippen LogP contribution in [0.15, 0.2) is 23.0 Å². The standard InChI is InChI=1S/C20H27N3O2/c1-12(2)19-17-10-13(3)8-9-16(17)20(25)23(22-19)11-18(24)21-14(4)15-6-5-7-15/h8-10,12,14-15H,5-7,11H2,1-4H3,(H,21,24)/t14-/m1/s1. The van der Waals surface area contributed by atoms with E-state index in [9.17, 15) is 9.59 Å². The van der Waals surface area contributed by atoms with Gasteiger partial charge in [-0.15, -0.1) is 0 Å². The van der Waals surface area contributed by atoms with Crippen LogP contribution in [0.4, 0.5) is 0 Å². The number of rotatable bonds is 5. The highest BCUT2D eigenvalue weighted by molar-refractivity contribution is 5.85. The van der Waals surface area contributed by atoms with E-state index >= 15 is 0 Å². The molecule has 1 aliphatic rings. The fraction of sp³-hybridized carbons (Fsp3) is 0.550. The van der Waals surface area contributed by atoms with Gasteiger partial charge >= 0.3 is 0 Å². The summed E-state index contributed by atoms with van der Waals surface area (Å²) in [7, 11) is 0. The van der Waals surface area contributed by atoms with Gasteiger partial charge in [-0.2, -0.15) is 5.10 Å². The number of aromatic nitrogens is 2. The topological polar surface area (TPSA) is 64.0 Å². The number of nitrogens with zero attached hydrogens (tertiary/aromatic N) is 2. The molecule has 0 radical (unpaired) electrons. The lowest BCUT2D eigenvalue weighted by Gasteiger charge is -2.31. The molecule has 134 valence electrons. The van der Waals surface area contributed by atoms with Crippen LogP contribution in [0.3, 0.4) is 0 Å². The maximum absolute atomic E-state index is 12.8. The van der Waals surface area contributed by atoms with Crippen LogP contribution in [-0.2, 0) is 11.3 Å². The zero-order chi connectivity index (χ0) is 18.1. The Balaban J connectivity index is 1.90. The van der Waals surface area contributed by atoms with Crippen LogP contribution >= 0.6 is 0 Å². The molecule has 0 saturated heterocycles. The molecule has 1 saturated carbocycles. The van der Waals surface area contributed by atoms with Crippen molar-refractivity contribution in [3.05, 3.63) is 39.8 Å². The number of fused-ring (bicyclic) bond motifs is 1. The number of hydrogen-bond acceptors (Lipinski definition) is 3. The van der Waals surface area contributed by atoms with E-state index in [0.29, 0.717) is 11.3 Å². The predicted octanol–water partition coefficient (Wildman–Crippen LogP) is 3.13. The molecule has 1 aliphatic carbocycles. The molecule has 0 unspecified atom stereocenters. The average molecular weight is 341 g/mol. The lowest BCUT2D eigenvalue weighted by Crippen LogP contribution is -2.43. The average Bonchev–Trinajstić information content (AvgIpc) is 2.47. The number of benzene rings is 1. The first-order chi connectivity index (χ1) is 11.9. The lowest BCUT2D eigenvalue weighted by atomic mass is 9.80. The molecule has 25 heavy (non-hydrogen) atoms. The summed E-state index contributed by atoms with van der Waals surface area (Å²) in [5.41, 5.74) is 1.75. The highest BCUT2D eigenvalue weighted by Gasteiger charge is 2.25. The summed E-state index contributed by atoms with van der Waals surface area (Å²) in [6.07, 6.45) is 3.59. The summed E-state index contributed by atoms with van der Waals surface area (Å²) in [5, 5.41) is 9.05. The smallest absolute Gasteiger partial charge is 0.275 e. The Kier molecular flexibility index (Phi) is 4.93. The second-order valence-electron chi connectivity index (χ2n) is 7.60. The minimum absolute atomic E-state index is 0.0283. The minimum Gasteiger partial charge on any atom is -0.352 e. The van der Waals surface area contributed by atoms with Gasteiger partial charge in [-0.25, -0.2) is 4.68 Å². The molecule has 1 aromatic carbocycles. The number of carbonyl (C=O) groups is 1. The lowest BCUT2D eigenvalue weighted by molar-refractivity contribution is -0.123. The van der Waals surface area contributed by atoms with E-state index in [-0.39, 0.29) is 30.0 Å². The SMILES string of the molecule is Cc1ccc2c(=O)n(CC(=O)N[C@H](C)C3CCC3)nc(C(C)C)c2c1. The first-order valence-corrected chi connectivity index (χ1v) is 9.17. The van der Waals surface area contributed by atoms with Gasteiger partial charge in [0.05, 0.1) is 11.1 Å². The second kappa shape index (κ2) is 6.98. The molecule has 2 aromatic rings. The minimum atomic E-state index is -0.203. The van der Waals surface area contributed by atoms with E-state index in [2.05, 4.69) is 24.3 Å². The number of aryl methyl sites for hydroxylation is 1. The van der Waals surface area contributed by atoms with Crippen molar-refractivity contribution >= 4 is 16.7 Å². The number of carbonyl (C=O) groups excluding carboxylic acids is 1. The first kappa shape index (κ1) is 17.6. The van der Waals surface area contributed by atoms with Crippen molar-refractivity contribution in [3.63, 3.8) is 0 Å². The van der Waals surface area contributed by atoms with Crippen LogP contribution < -0.4 is 10.9 Å². The van der Waals surface area contributed by atoms with Crippen molar-refractivity contribution in [2.45, 2.75) is 65.5 Å². The molecule has 0 bridgehead atoms. The zero-order valence-corrected chi connectivity index (χ0v) is 15.5. The van der Waals surface area contributed by atoms with Crippen molar-refractivity contribution in [2.24, 2.45) is 5.92 Å². The Morgan fingerprint density at radius 2 is 2.00 bits per heavy atom. The number of nitrogens with one attached hydrogen (secondary N) is 1. The zero-order valence-electron chi connectivity index (χ0n) is 15.5. The molecule has 1 amide bonds. The van der Waals surface area contributed by atoms with Crippen LogP contribution in [-0.4, -0.2) is 21.7 Å². The van der Waals surface area contributed by atoms with Gasteiger partial charge in [-0.05, 0) is 50.7 Å². The number of hydrogen-bond donors (Lipinski definition) is 1. The maximum Gasteiger partial charge on any atom is 0.275 e. The van der Waals surface area contributed by atoms with E-state index in [4.69, 9.17) is 0 Å². The molecule has 5 nitrogen and oxygen atoms in total. The van der Waals surface area contributed by atoms with Gasteiger partial charge in [-0.1, -0.05) is 31.9 Å². The highest BCUT2D eigenvalue weighted by Crippen LogP contribution is 2.29. The van der Waals surface area contributed by atoms with Crippen LogP contribution in [0, 0.1) is 12.8 Å². The van der Waals surface area contributed by atoms with Gasteiger partial charge in [0.2, 0.25) is 5.91 Å². The molecular formula is C20H27N3O2. The molecule has 1 atom stereocenters. The summed E-state index contributed by atoms with van der Waals surface area (Å²) in [6, 6.07) is 5.93. The third-order valence-corrected chi connectivity index (χ3v) is 5.23. The summed E-state index contributed by atoms with van der Waals surface area (Å²) >= 11 is 0. The van der Waals surface area contributed by atoms with E-state index in [1.807, 2.05) is 32.0 Å². The van der Waals surface area contributed by atoms with Crippen LogP contribution in [0.5, 0.6) is 0 Å². The van der Waals surface area contributed by atoms with E-state index in [1.54, 1.807) is 0 Å². The third-order valence-electron chi connectivity index (χ3n) is 5.23. The van der Waals surface area contributed by atoms with Gasteiger partial charge in [0, 0.05) is 11.4 Å². The Morgan fingerprint density at radius 1 is 1.28 bits per heavy atom. The highest BCUT2D eigenvalue weighted by atomic mass is 16.2. The molecule has 0 aliphatic heterocycles. The van der Waals surface area contributed by atoms with Gasteiger partial charge in [-0.3, -0.25) is 9.59 Å². The van der Waals surface area contributed by atoms with Gasteiger partial charge in [0.15, 0.2) is 0 Å². The van der Waals surface area contributed by atoms with Crippen molar-refractivity contribution in [1.29, 1.82) is 0 Å². The monoisotopic (exact) mass is 341 g/mol. The fourth-order valence-electron chi connectivity index (χ4n) is 3.45. The summed E-state index contributed by atoms with van der Waals surface area (Å²) < 4.78 is 1.32. The summed E-state index contributed by atoms with van der Waals surface area (Å²) in [6.45, 7) is 8.12. The van der Waals surface area contributed by atoms with Crippen molar-refractivity contribution in [1.82, 2.24) is 15.1 Å². The van der Waals surface area contributed by atoms with Crippen molar-refractivity contribution in [2.75, 3.05) is 0 Å². The Labute approximate surface area is 148 Å². The maximum atomic E-state index is 12.8. The van der Waals surface area contributed by atoms with E-state index < -0.39 is 0 Å². The third kappa shape index (κ3) is 3.60. The normalized spacial score (nSPS) is 16.0. The van der Waals surface area contributed by atoms with Crippen LogP contribution in [0.25, 0.3) is 10.8 Å². The molecule has 1 N–H and O–H groups in total. The quantitative estimate of drug-likeness (QED) is 0.909. The molecule has 3 rings (SSSR count). The summed E-state index contributed by atoms with van der Waals surface area (Å²) in [4.78, 5) is 25.1. The molecular weight excluding hydrogens is 314 g/mol. The van der Waals surface area contributed by atoms with Crippen LogP contribution in [0.2, 0.25) is 0 Å². The Hall–Kier alpha value is -2.17. The first-order valence-electron chi connectivity index (χ1n) is 9.17. The predicted molar refractivity (Wildman–Crippen MR) is 99.8 cm³/mol. The Bertz CT molecular complexity index is 850. The van der Waals surface area contributed by atoms with Crippen molar-refractivity contribution in [3.8, 4) is 0 Å². The van der Waals surface area contributed by atoms with Gasteiger partial charge in [0.1, 0.15) is 6.54 Å². The Morgan fingerprint density at radius 3 is 2.60 bits per heavy atom. The van der Waals surface area contributed by atoms with Gasteiger partial charge in [0.25, 0.3) is 5.56 Å². The fourth-order valence-corrected chi connectivity index (χ4v) is 3.45.